The summed E-state index contributed by atoms with van der Waals surface area (Å²) in [6, 6.07) is 26.5. The van der Waals surface area contributed by atoms with Crippen LogP contribution in [0.15, 0.2) is 97.1 Å². The number of benzene rings is 4. The van der Waals surface area contributed by atoms with Gasteiger partial charge in [-0.15, -0.1) is 0 Å². The van der Waals surface area contributed by atoms with E-state index < -0.39 is 13.7 Å². The Kier molecular flexibility index (Phi) is 11.4. The summed E-state index contributed by atoms with van der Waals surface area (Å²) >= 11 is 0. The highest BCUT2D eigenvalue weighted by Gasteiger charge is 2.31. The normalized spacial score (nSPS) is 11.2. The predicted molar refractivity (Wildman–Crippen MR) is 167 cm³/mol. The lowest BCUT2D eigenvalue weighted by atomic mass is 10.1. The summed E-state index contributed by atoms with van der Waals surface area (Å²) in [7, 11) is 1.81. The highest BCUT2D eigenvalue weighted by Crippen LogP contribution is 2.53. The van der Waals surface area contributed by atoms with E-state index in [0.717, 1.165) is 11.1 Å². The van der Waals surface area contributed by atoms with E-state index in [4.69, 9.17) is 32.5 Å². The molecule has 1 N–H and O–H groups in total. The summed E-state index contributed by atoms with van der Waals surface area (Å²) in [5.41, 5.74) is 2.47. The lowest BCUT2D eigenvalue weighted by molar-refractivity contribution is -0.111. The van der Waals surface area contributed by atoms with Crippen LogP contribution >= 0.6 is 7.82 Å². The zero-order valence-electron chi connectivity index (χ0n) is 24.9. The number of carbonyl (C=O) groups is 1. The van der Waals surface area contributed by atoms with Crippen molar-refractivity contribution in [2.45, 2.75) is 13.2 Å². The molecule has 1 amide bonds. The highest BCUT2D eigenvalue weighted by atomic mass is 31.2. The predicted octanol–water partition coefficient (Wildman–Crippen LogP) is 7.29. The molecule has 10 nitrogen and oxygen atoms in total. The van der Waals surface area contributed by atoms with E-state index >= 15 is 0 Å². The van der Waals surface area contributed by atoms with Crippen molar-refractivity contribution in [2.24, 2.45) is 0 Å². The van der Waals surface area contributed by atoms with Crippen LogP contribution in [-0.4, -0.2) is 34.3 Å². The molecule has 0 radical (unpaired) electrons. The first kappa shape index (κ1) is 32.2. The minimum absolute atomic E-state index is 0.0191. The van der Waals surface area contributed by atoms with E-state index in [1.54, 1.807) is 30.3 Å². The largest absolute Gasteiger partial charge is 0.530 e. The lowest BCUT2D eigenvalue weighted by Crippen LogP contribution is -2.09. The van der Waals surface area contributed by atoms with E-state index in [1.165, 1.54) is 40.6 Å². The number of phosphoric acid groups is 1. The van der Waals surface area contributed by atoms with Gasteiger partial charge in [0.2, 0.25) is 5.91 Å². The summed E-state index contributed by atoms with van der Waals surface area (Å²) in [5, 5.41) is 2.76. The zero-order valence-corrected chi connectivity index (χ0v) is 25.7. The molecule has 4 aromatic carbocycles. The van der Waals surface area contributed by atoms with Crippen molar-refractivity contribution in [3.8, 4) is 28.7 Å². The van der Waals surface area contributed by atoms with Gasteiger partial charge in [0.05, 0.1) is 47.2 Å². The van der Waals surface area contributed by atoms with Gasteiger partial charge in [0.1, 0.15) is 17.2 Å². The van der Waals surface area contributed by atoms with Crippen LogP contribution in [0.1, 0.15) is 16.7 Å². The molecule has 0 heterocycles. The Morgan fingerprint density at radius 2 is 1.23 bits per heavy atom. The molecule has 0 aliphatic heterocycles. The number of anilines is 1. The van der Waals surface area contributed by atoms with Crippen LogP contribution in [0.25, 0.3) is 6.08 Å². The molecule has 4 rings (SSSR count). The Bertz CT molecular complexity index is 1540. The number of rotatable bonds is 15. The molecule has 44 heavy (non-hydrogen) atoms. The molecule has 0 aliphatic rings. The molecular formula is C33H34NO9P. The van der Waals surface area contributed by atoms with E-state index in [-0.39, 0.29) is 24.7 Å². The Hall–Kier alpha value is -4.76. The van der Waals surface area contributed by atoms with Crippen LogP contribution in [0.4, 0.5) is 5.69 Å². The summed E-state index contributed by atoms with van der Waals surface area (Å²) in [6.07, 6.45) is 2.89. The van der Waals surface area contributed by atoms with Crippen molar-refractivity contribution >= 4 is 25.5 Å². The third-order valence-corrected chi connectivity index (χ3v) is 7.57. The fourth-order valence-electron chi connectivity index (χ4n) is 4.03. The van der Waals surface area contributed by atoms with Gasteiger partial charge < -0.3 is 28.8 Å². The quantitative estimate of drug-likeness (QED) is 0.108. The van der Waals surface area contributed by atoms with Crippen molar-refractivity contribution in [3.63, 3.8) is 0 Å². The molecule has 0 saturated carbocycles. The number of ether oxygens (including phenoxy) is 4. The maximum Gasteiger partial charge on any atom is 0.530 e. The van der Waals surface area contributed by atoms with Gasteiger partial charge in [-0.1, -0.05) is 60.7 Å². The first-order valence-electron chi connectivity index (χ1n) is 13.5. The average Bonchev–Trinajstić information content (AvgIpc) is 3.06. The summed E-state index contributed by atoms with van der Waals surface area (Å²) < 4.78 is 52.8. The van der Waals surface area contributed by atoms with E-state index in [2.05, 4.69) is 5.32 Å². The molecule has 0 atom stereocenters. The van der Waals surface area contributed by atoms with Crippen molar-refractivity contribution in [1.82, 2.24) is 0 Å². The molecule has 0 aromatic heterocycles. The molecule has 0 spiro atoms. The summed E-state index contributed by atoms with van der Waals surface area (Å²) in [6.45, 7) is -0.0382. The SMILES string of the molecule is COc1cc(OC)c(/C=C/C(=O)Nc2ccc(OC)c(OP(=O)(OCc3ccccc3)OCc3ccccc3)c2)c(OC)c1. The van der Waals surface area contributed by atoms with Gasteiger partial charge in [0, 0.05) is 30.0 Å². The van der Waals surface area contributed by atoms with Gasteiger partial charge in [0.15, 0.2) is 11.5 Å². The maximum atomic E-state index is 13.9. The topological polar surface area (TPSA) is 111 Å². The van der Waals surface area contributed by atoms with E-state index in [9.17, 15) is 9.36 Å². The van der Waals surface area contributed by atoms with Gasteiger partial charge in [-0.25, -0.2) is 4.57 Å². The number of hydrogen-bond donors (Lipinski definition) is 1. The number of phosphoric ester groups is 1. The fourth-order valence-corrected chi connectivity index (χ4v) is 5.21. The standard InChI is InChI=1S/C33H34NO9P/c1-37-27-20-30(39-3)28(31(21-27)40-4)16-18-33(35)34-26-15-17-29(38-2)32(19-26)43-44(36,41-22-24-11-7-5-8-12-24)42-23-25-13-9-6-10-14-25/h5-21H,22-23H2,1-4H3,(H,34,35)/b18-16+. The number of carbonyl (C=O) groups excluding carboxylic acids is 1. The molecule has 0 fully saturated rings. The second-order valence-corrected chi connectivity index (χ2v) is 10.8. The molecule has 11 heteroatoms. The van der Waals surface area contributed by atoms with Crippen LogP contribution in [0, 0.1) is 0 Å². The Balaban J connectivity index is 1.54. The third kappa shape index (κ3) is 8.87. The first-order chi connectivity index (χ1) is 21.4. The van der Waals surface area contributed by atoms with Crippen molar-refractivity contribution in [1.29, 1.82) is 0 Å². The molecule has 0 bridgehead atoms. The van der Waals surface area contributed by atoms with Crippen molar-refractivity contribution in [2.75, 3.05) is 33.8 Å². The lowest BCUT2D eigenvalue weighted by Gasteiger charge is -2.20. The zero-order chi connectivity index (χ0) is 31.4. The van der Waals surface area contributed by atoms with Crippen LogP contribution < -0.4 is 28.8 Å². The summed E-state index contributed by atoms with van der Waals surface area (Å²) in [4.78, 5) is 12.9. The number of nitrogens with one attached hydrogen (secondary N) is 1. The van der Waals surface area contributed by atoms with Gasteiger partial charge >= 0.3 is 7.82 Å². The van der Waals surface area contributed by atoms with Crippen LogP contribution in [0.2, 0.25) is 0 Å². The Labute approximate surface area is 256 Å². The molecule has 230 valence electrons. The van der Waals surface area contributed by atoms with Gasteiger partial charge in [-0.2, -0.15) is 0 Å². The Morgan fingerprint density at radius 3 is 1.73 bits per heavy atom. The molecule has 4 aromatic rings. The average molecular weight is 620 g/mol. The van der Waals surface area contributed by atoms with E-state index in [1.807, 2.05) is 60.7 Å². The van der Waals surface area contributed by atoms with Crippen LogP contribution in [0.3, 0.4) is 0 Å². The number of methoxy groups -OCH3 is 4. The van der Waals surface area contributed by atoms with Gasteiger partial charge in [-0.05, 0) is 29.3 Å². The summed E-state index contributed by atoms with van der Waals surface area (Å²) in [5.74, 6) is 1.34. The van der Waals surface area contributed by atoms with E-state index in [0.29, 0.717) is 28.5 Å². The highest BCUT2D eigenvalue weighted by molar-refractivity contribution is 7.48. The Morgan fingerprint density at radius 1 is 0.682 bits per heavy atom. The maximum absolute atomic E-state index is 13.9. The second-order valence-electron chi connectivity index (χ2n) is 9.19. The van der Waals surface area contributed by atoms with Crippen molar-refractivity contribution in [3.05, 3.63) is 114 Å². The first-order valence-corrected chi connectivity index (χ1v) is 15.0. The van der Waals surface area contributed by atoms with Gasteiger partial charge in [0.25, 0.3) is 0 Å². The second kappa shape index (κ2) is 15.6. The smallest absolute Gasteiger partial charge is 0.496 e. The molecule has 0 saturated heterocycles. The minimum Gasteiger partial charge on any atom is -0.496 e. The molecule has 0 unspecified atom stereocenters. The van der Waals surface area contributed by atoms with Crippen LogP contribution in [-0.2, 0) is 31.6 Å². The van der Waals surface area contributed by atoms with Gasteiger partial charge in [-0.3, -0.25) is 13.8 Å². The monoisotopic (exact) mass is 619 g/mol. The van der Waals surface area contributed by atoms with Crippen LogP contribution in [0.5, 0.6) is 28.7 Å². The minimum atomic E-state index is -4.19. The van der Waals surface area contributed by atoms with Crippen molar-refractivity contribution < 1.29 is 41.9 Å². The fraction of sp³-hybridized carbons (Fsp3) is 0.182. The molecular weight excluding hydrogens is 585 g/mol. The number of hydrogen-bond acceptors (Lipinski definition) is 9. The number of amides is 1. The molecule has 0 aliphatic carbocycles. The third-order valence-electron chi connectivity index (χ3n) is 6.26.